The molecule has 5 atom stereocenters. The maximum Gasteiger partial charge on any atom is 0.186 e. The zero-order valence-corrected chi connectivity index (χ0v) is 8.09. The van der Waals surface area contributed by atoms with Crippen LogP contribution < -0.4 is 0 Å². The Labute approximate surface area is 85.7 Å². The van der Waals surface area contributed by atoms with Crippen molar-refractivity contribution in [2.75, 3.05) is 13.7 Å². The third-order valence-corrected chi connectivity index (χ3v) is 2.27. The highest BCUT2D eigenvalue weighted by molar-refractivity contribution is 4.93. The molecule has 1 heterocycles. The Hall–Kier alpha value is -0.890. The van der Waals surface area contributed by atoms with Gasteiger partial charge in [-0.25, -0.2) is 0 Å². The van der Waals surface area contributed by atoms with Gasteiger partial charge in [-0.2, -0.15) is 0 Å². The van der Waals surface area contributed by atoms with Gasteiger partial charge in [0.05, 0.1) is 24.9 Å². The van der Waals surface area contributed by atoms with Gasteiger partial charge < -0.3 is 24.8 Å². The lowest BCUT2D eigenvalue weighted by Crippen LogP contribution is -2.58. The van der Waals surface area contributed by atoms with E-state index in [9.17, 15) is 10.2 Å². The second-order valence-electron chi connectivity index (χ2n) is 3.14. The zero-order chi connectivity index (χ0) is 11.4. The lowest BCUT2D eigenvalue weighted by atomic mass is 9.97. The van der Waals surface area contributed by atoms with Gasteiger partial charge in [0.2, 0.25) is 0 Å². The normalized spacial score (nSPS) is 40.9. The van der Waals surface area contributed by atoms with Crippen LogP contribution in [-0.4, -0.2) is 59.7 Å². The third kappa shape index (κ3) is 2.37. The van der Waals surface area contributed by atoms with Crippen molar-refractivity contribution in [3.8, 4) is 0 Å². The number of methoxy groups -OCH3 is 1. The summed E-state index contributed by atoms with van der Waals surface area (Å²) < 4.78 is 9.84. The number of rotatable bonds is 3. The summed E-state index contributed by atoms with van der Waals surface area (Å²) in [6, 6.07) is -1.03. The predicted molar refractivity (Wildman–Crippen MR) is 47.7 cm³/mol. The number of aliphatic hydroxyl groups excluding tert-OH is 3. The Morgan fingerprint density at radius 1 is 1.47 bits per heavy atom. The number of ether oxygens (including phenoxy) is 2. The van der Waals surface area contributed by atoms with Crippen LogP contribution in [0.1, 0.15) is 0 Å². The first-order valence-corrected chi connectivity index (χ1v) is 4.35. The summed E-state index contributed by atoms with van der Waals surface area (Å²) >= 11 is 0. The molecule has 0 aromatic rings. The Morgan fingerprint density at radius 2 is 2.13 bits per heavy atom. The molecule has 8 nitrogen and oxygen atoms in total. The van der Waals surface area contributed by atoms with Crippen molar-refractivity contribution < 1.29 is 24.8 Å². The fourth-order valence-corrected chi connectivity index (χ4v) is 1.46. The standard InChI is InChI=1S/C7H13N3O5/c1-14-7-6(13)5(12)4(9-10-8)3(2-11)15-7/h3-7,11-13H,2H2,1H3/t3-,4-,5+,6-,7+/m1/s1. The molecule has 0 saturated carbocycles. The molecule has 0 aliphatic carbocycles. The molecule has 1 fully saturated rings. The Bertz CT molecular complexity index is 255. The molecule has 0 aromatic carbocycles. The number of azide groups is 1. The van der Waals surface area contributed by atoms with Crippen molar-refractivity contribution in [3.63, 3.8) is 0 Å². The second kappa shape index (κ2) is 5.26. The quantitative estimate of drug-likeness (QED) is 0.310. The molecular formula is C7H13N3O5. The van der Waals surface area contributed by atoms with Crippen LogP contribution in [0.3, 0.4) is 0 Å². The van der Waals surface area contributed by atoms with Crippen molar-refractivity contribution in [1.29, 1.82) is 0 Å². The highest BCUT2D eigenvalue weighted by Gasteiger charge is 2.43. The van der Waals surface area contributed by atoms with Gasteiger partial charge in [0.1, 0.15) is 6.10 Å². The van der Waals surface area contributed by atoms with E-state index in [-0.39, 0.29) is 0 Å². The topological polar surface area (TPSA) is 128 Å². The summed E-state index contributed by atoms with van der Waals surface area (Å²) in [5.74, 6) is 0. The zero-order valence-electron chi connectivity index (χ0n) is 8.09. The van der Waals surface area contributed by atoms with Crippen LogP contribution in [0.5, 0.6) is 0 Å². The summed E-state index contributed by atoms with van der Waals surface area (Å²) in [4.78, 5) is 2.52. The van der Waals surface area contributed by atoms with E-state index in [1.165, 1.54) is 7.11 Å². The van der Waals surface area contributed by atoms with Crippen molar-refractivity contribution in [2.45, 2.75) is 30.6 Å². The van der Waals surface area contributed by atoms with E-state index in [0.717, 1.165) is 0 Å². The average molecular weight is 219 g/mol. The molecule has 0 amide bonds. The molecule has 0 bridgehead atoms. The van der Waals surface area contributed by atoms with Crippen LogP contribution in [-0.2, 0) is 9.47 Å². The molecule has 1 aliphatic rings. The van der Waals surface area contributed by atoms with Crippen molar-refractivity contribution >= 4 is 0 Å². The minimum Gasteiger partial charge on any atom is -0.394 e. The van der Waals surface area contributed by atoms with E-state index in [1.807, 2.05) is 0 Å². The van der Waals surface area contributed by atoms with Gasteiger partial charge in [-0.1, -0.05) is 5.11 Å². The van der Waals surface area contributed by atoms with Crippen LogP contribution >= 0.6 is 0 Å². The third-order valence-electron chi connectivity index (χ3n) is 2.27. The van der Waals surface area contributed by atoms with Crippen molar-refractivity contribution in [3.05, 3.63) is 10.4 Å². The average Bonchev–Trinajstić information content (AvgIpc) is 2.25. The van der Waals surface area contributed by atoms with E-state index < -0.39 is 37.3 Å². The van der Waals surface area contributed by atoms with E-state index in [2.05, 4.69) is 10.0 Å². The lowest BCUT2D eigenvalue weighted by Gasteiger charge is -2.39. The molecule has 0 aromatic heterocycles. The monoisotopic (exact) mass is 219 g/mol. The van der Waals surface area contributed by atoms with Crippen molar-refractivity contribution in [2.24, 2.45) is 5.11 Å². The van der Waals surface area contributed by atoms with Crippen LogP contribution in [0.4, 0.5) is 0 Å². The lowest BCUT2D eigenvalue weighted by molar-refractivity contribution is -0.268. The number of aliphatic hydroxyl groups is 3. The van der Waals surface area contributed by atoms with E-state index in [0.29, 0.717) is 0 Å². The van der Waals surface area contributed by atoms with Gasteiger partial charge >= 0.3 is 0 Å². The first-order valence-electron chi connectivity index (χ1n) is 4.35. The van der Waals surface area contributed by atoms with Crippen LogP contribution in [0.25, 0.3) is 10.4 Å². The van der Waals surface area contributed by atoms with Gasteiger partial charge in [-0.05, 0) is 5.53 Å². The summed E-state index contributed by atoms with van der Waals surface area (Å²) in [7, 11) is 1.29. The number of hydrogen-bond acceptors (Lipinski definition) is 6. The van der Waals surface area contributed by atoms with Crippen LogP contribution in [0.15, 0.2) is 5.11 Å². The van der Waals surface area contributed by atoms with Crippen molar-refractivity contribution in [1.82, 2.24) is 0 Å². The molecule has 3 N–H and O–H groups in total. The van der Waals surface area contributed by atoms with Gasteiger partial charge in [-0.15, -0.1) is 0 Å². The first kappa shape index (κ1) is 12.2. The Morgan fingerprint density at radius 3 is 2.60 bits per heavy atom. The van der Waals surface area contributed by atoms with E-state index >= 15 is 0 Å². The van der Waals surface area contributed by atoms with Crippen LogP contribution in [0.2, 0.25) is 0 Å². The molecule has 1 saturated heterocycles. The minimum atomic E-state index is -1.32. The highest BCUT2D eigenvalue weighted by atomic mass is 16.7. The maximum absolute atomic E-state index is 9.59. The van der Waals surface area contributed by atoms with Gasteiger partial charge in [0.15, 0.2) is 6.29 Å². The summed E-state index contributed by atoms with van der Waals surface area (Å²) in [6.45, 7) is -0.437. The fourth-order valence-electron chi connectivity index (χ4n) is 1.46. The molecule has 0 radical (unpaired) electrons. The van der Waals surface area contributed by atoms with E-state index in [4.69, 9.17) is 20.1 Å². The SMILES string of the molecule is CO[C@H]1O[C@H](CO)[C@@H](N=[N+]=[N-])[C@H](O)[C@H]1O. The van der Waals surface area contributed by atoms with Gasteiger partial charge in [0.25, 0.3) is 0 Å². The minimum absolute atomic E-state index is 0.437. The van der Waals surface area contributed by atoms with Gasteiger partial charge in [-0.3, -0.25) is 0 Å². The molecule has 1 aliphatic heterocycles. The van der Waals surface area contributed by atoms with Crippen LogP contribution in [0, 0.1) is 0 Å². The summed E-state index contributed by atoms with van der Waals surface area (Å²) in [6.07, 6.45) is -4.56. The number of hydrogen-bond donors (Lipinski definition) is 3. The smallest absolute Gasteiger partial charge is 0.186 e. The Kier molecular flexibility index (Phi) is 4.28. The van der Waals surface area contributed by atoms with E-state index in [1.54, 1.807) is 0 Å². The second-order valence-corrected chi connectivity index (χ2v) is 3.14. The molecule has 0 spiro atoms. The highest BCUT2D eigenvalue weighted by Crippen LogP contribution is 2.23. The number of nitrogens with zero attached hydrogens (tertiary/aromatic N) is 3. The maximum atomic E-state index is 9.59. The fraction of sp³-hybridized carbons (Fsp3) is 1.00. The predicted octanol–water partition coefficient (Wildman–Crippen LogP) is -1.25. The molecular weight excluding hydrogens is 206 g/mol. The molecule has 1 rings (SSSR count). The summed E-state index contributed by atoms with van der Waals surface area (Å²) in [5, 5.41) is 31.3. The Balaban J connectivity index is 2.83. The molecule has 0 unspecified atom stereocenters. The summed E-state index contributed by atoms with van der Waals surface area (Å²) in [5.41, 5.74) is 8.26. The largest absolute Gasteiger partial charge is 0.394 e. The molecule has 86 valence electrons. The van der Waals surface area contributed by atoms with Gasteiger partial charge in [0, 0.05) is 12.0 Å². The first-order chi connectivity index (χ1) is 7.15. The molecule has 8 heteroatoms. The molecule has 15 heavy (non-hydrogen) atoms.